The van der Waals surface area contributed by atoms with Crippen molar-refractivity contribution in [3.05, 3.63) is 68.4 Å². The highest BCUT2D eigenvalue weighted by atomic mass is 32.2. The van der Waals surface area contributed by atoms with Gasteiger partial charge < -0.3 is 0 Å². The molecule has 0 aliphatic heterocycles. The van der Waals surface area contributed by atoms with Crippen molar-refractivity contribution in [1.82, 2.24) is 4.31 Å². The van der Waals surface area contributed by atoms with E-state index in [2.05, 4.69) is 20.1 Å². The fourth-order valence-electron chi connectivity index (χ4n) is 2.88. The molecule has 0 heterocycles. The topological polar surface area (TPSA) is 189 Å². The Morgan fingerprint density at radius 3 is 1.72 bits per heavy atom. The van der Waals surface area contributed by atoms with Crippen LogP contribution in [-0.4, -0.2) is 38.8 Å². The maximum atomic E-state index is 13.1. The maximum Gasteiger partial charge on any atom is 0.295 e. The predicted octanol–water partition coefficient (Wildman–Crippen LogP) is 5.02. The molecule has 2 aromatic carbocycles. The van der Waals surface area contributed by atoms with Crippen LogP contribution in [0.3, 0.4) is 0 Å². The molecule has 0 spiro atoms. The molecule has 0 saturated heterocycles. The van der Waals surface area contributed by atoms with Gasteiger partial charge in [0.05, 0.1) is 4.90 Å². The van der Waals surface area contributed by atoms with Crippen molar-refractivity contribution in [2.24, 2.45) is 10.2 Å². The van der Waals surface area contributed by atoms with Crippen molar-refractivity contribution in [2.75, 3.05) is 13.1 Å². The van der Waals surface area contributed by atoms with E-state index in [0.29, 0.717) is 0 Å². The SMILES string of the molecule is CCN(CC)S(=O)(=O)c1cc(N=[N+]=[N-])ccc1C=Cc1ccc(N=[N+]=[N-])cc1S(=O)(=O)O. The van der Waals surface area contributed by atoms with Gasteiger partial charge in [-0.3, -0.25) is 4.55 Å². The van der Waals surface area contributed by atoms with E-state index in [1.54, 1.807) is 13.8 Å². The summed E-state index contributed by atoms with van der Waals surface area (Å²) in [6.07, 6.45) is 2.65. The van der Waals surface area contributed by atoms with Gasteiger partial charge in [-0.15, -0.1) is 0 Å². The summed E-state index contributed by atoms with van der Waals surface area (Å²) in [7, 11) is -8.62. The highest BCUT2D eigenvalue weighted by molar-refractivity contribution is 7.89. The minimum Gasteiger partial charge on any atom is -0.282 e. The van der Waals surface area contributed by atoms with E-state index in [4.69, 9.17) is 11.1 Å². The molecule has 1 N–H and O–H groups in total. The van der Waals surface area contributed by atoms with E-state index < -0.39 is 25.0 Å². The van der Waals surface area contributed by atoms with Gasteiger partial charge in [0.2, 0.25) is 10.0 Å². The monoisotopic (exact) mass is 477 g/mol. The largest absolute Gasteiger partial charge is 0.295 e. The van der Waals surface area contributed by atoms with E-state index in [0.717, 1.165) is 6.07 Å². The molecule has 0 amide bonds. The van der Waals surface area contributed by atoms with Crippen molar-refractivity contribution >= 4 is 43.7 Å². The summed E-state index contributed by atoms with van der Waals surface area (Å²) in [6, 6.07) is 7.69. The number of azide groups is 2. The minimum absolute atomic E-state index is 0.0270. The third-order valence-corrected chi connectivity index (χ3v) is 7.37. The Kier molecular flexibility index (Phi) is 8.00. The van der Waals surface area contributed by atoms with Gasteiger partial charge in [-0.25, -0.2) is 8.42 Å². The molecule has 0 radical (unpaired) electrons. The van der Waals surface area contributed by atoms with Crippen LogP contribution in [0.1, 0.15) is 25.0 Å². The summed E-state index contributed by atoms with van der Waals surface area (Å²) in [5.41, 5.74) is 17.5. The molecule has 14 heteroatoms. The maximum absolute atomic E-state index is 13.1. The molecular formula is C18H19N7O5S2. The second-order valence-corrected chi connectivity index (χ2v) is 9.52. The van der Waals surface area contributed by atoms with Gasteiger partial charge in [0.15, 0.2) is 0 Å². The number of hydrogen-bond donors (Lipinski definition) is 1. The van der Waals surface area contributed by atoms with Crippen LogP contribution in [0.15, 0.2) is 56.4 Å². The lowest BCUT2D eigenvalue weighted by atomic mass is 10.1. The standard InChI is InChI=1S/C18H19N7O5S2/c1-3-25(4-2)31(26,27)17-11-15(21-23-19)9-7-13(17)5-6-14-8-10-16(22-24-20)12-18(14)32(28,29)30/h5-12H,3-4H2,1-2H3,(H,28,29,30). The van der Waals surface area contributed by atoms with Crippen LogP contribution in [0, 0.1) is 0 Å². The van der Waals surface area contributed by atoms with Crippen LogP contribution in [-0.2, 0) is 20.1 Å². The molecule has 0 saturated carbocycles. The lowest BCUT2D eigenvalue weighted by Gasteiger charge is -2.20. The average Bonchev–Trinajstić information content (AvgIpc) is 2.73. The van der Waals surface area contributed by atoms with E-state index >= 15 is 0 Å². The van der Waals surface area contributed by atoms with Crippen LogP contribution in [0.25, 0.3) is 33.0 Å². The van der Waals surface area contributed by atoms with Crippen LogP contribution in [0.5, 0.6) is 0 Å². The summed E-state index contributed by atoms with van der Waals surface area (Å²) in [4.78, 5) is 4.59. The van der Waals surface area contributed by atoms with E-state index in [1.807, 2.05) is 0 Å². The molecular weight excluding hydrogens is 458 g/mol. The van der Waals surface area contributed by atoms with Crippen LogP contribution in [0.2, 0.25) is 0 Å². The van der Waals surface area contributed by atoms with Crippen LogP contribution in [0.4, 0.5) is 11.4 Å². The average molecular weight is 478 g/mol. The molecule has 0 bridgehead atoms. The second kappa shape index (κ2) is 10.3. The molecule has 32 heavy (non-hydrogen) atoms. The van der Waals surface area contributed by atoms with Gasteiger partial charge >= 0.3 is 0 Å². The highest BCUT2D eigenvalue weighted by Crippen LogP contribution is 2.29. The first-order valence-corrected chi connectivity index (χ1v) is 12.0. The van der Waals surface area contributed by atoms with Gasteiger partial charge in [-0.1, -0.05) is 60.5 Å². The zero-order chi connectivity index (χ0) is 23.9. The highest BCUT2D eigenvalue weighted by Gasteiger charge is 2.24. The first-order valence-electron chi connectivity index (χ1n) is 9.12. The van der Waals surface area contributed by atoms with Gasteiger partial charge in [-0.05, 0) is 34.3 Å². The van der Waals surface area contributed by atoms with Gasteiger partial charge in [0, 0.05) is 34.3 Å². The zero-order valence-electron chi connectivity index (χ0n) is 17.1. The van der Waals surface area contributed by atoms with E-state index in [9.17, 15) is 21.4 Å². The summed E-state index contributed by atoms with van der Waals surface area (Å²) < 4.78 is 60.5. The summed E-state index contributed by atoms with van der Waals surface area (Å²) >= 11 is 0. The molecule has 0 fully saturated rings. The summed E-state index contributed by atoms with van der Waals surface area (Å²) in [6.45, 7) is 3.78. The molecule has 168 valence electrons. The molecule has 0 atom stereocenters. The summed E-state index contributed by atoms with van der Waals surface area (Å²) in [5.74, 6) is 0. The minimum atomic E-state index is -4.67. The molecule has 0 unspecified atom stereocenters. The van der Waals surface area contributed by atoms with Gasteiger partial charge in [0.1, 0.15) is 4.90 Å². The van der Waals surface area contributed by atoms with Crippen molar-refractivity contribution in [1.29, 1.82) is 0 Å². The Bertz CT molecular complexity index is 1350. The number of hydrogen-bond acceptors (Lipinski definition) is 6. The molecule has 0 aromatic heterocycles. The number of rotatable bonds is 9. The quantitative estimate of drug-likeness (QED) is 0.174. The molecule has 12 nitrogen and oxygen atoms in total. The number of sulfonamides is 1. The lowest BCUT2D eigenvalue weighted by Crippen LogP contribution is -2.31. The second-order valence-electron chi connectivity index (χ2n) is 6.22. The summed E-state index contributed by atoms with van der Waals surface area (Å²) in [5, 5.41) is 6.75. The molecule has 2 aromatic rings. The fourth-order valence-corrected chi connectivity index (χ4v) is 5.24. The predicted molar refractivity (Wildman–Crippen MR) is 119 cm³/mol. The van der Waals surface area contributed by atoms with Crippen LogP contribution >= 0.6 is 0 Å². The third kappa shape index (κ3) is 5.65. The Balaban J connectivity index is 2.70. The Morgan fingerprint density at radius 2 is 1.31 bits per heavy atom. The van der Waals surface area contributed by atoms with E-state index in [-0.39, 0.29) is 40.5 Å². The molecule has 0 aliphatic carbocycles. The fraction of sp³-hybridized carbons (Fsp3) is 0.222. The molecule has 0 aliphatic rings. The Morgan fingerprint density at radius 1 is 0.875 bits per heavy atom. The zero-order valence-corrected chi connectivity index (χ0v) is 18.7. The number of benzene rings is 2. The van der Waals surface area contributed by atoms with E-state index in [1.165, 1.54) is 46.8 Å². The lowest BCUT2D eigenvalue weighted by molar-refractivity contribution is 0.445. The Hall–Kier alpha value is -3.38. The number of nitrogens with zero attached hydrogens (tertiary/aromatic N) is 7. The third-order valence-electron chi connectivity index (χ3n) is 4.36. The van der Waals surface area contributed by atoms with Crippen molar-refractivity contribution in [2.45, 2.75) is 23.6 Å². The van der Waals surface area contributed by atoms with Gasteiger partial charge in [-0.2, -0.15) is 12.7 Å². The smallest absolute Gasteiger partial charge is 0.282 e. The van der Waals surface area contributed by atoms with Crippen molar-refractivity contribution in [3.8, 4) is 0 Å². The Labute approximate surface area is 184 Å². The van der Waals surface area contributed by atoms with Crippen molar-refractivity contribution < 1.29 is 21.4 Å². The molecule has 2 rings (SSSR count). The first kappa shape index (κ1) is 24.9. The first-order chi connectivity index (χ1) is 15.1. The van der Waals surface area contributed by atoms with Gasteiger partial charge in [0.25, 0.3) is 10.1 Å². The normalized spacial score (nSPS) is 11.9. The van der Waals surface area contributed by atoms with Crippen LogP contribution < -0.4 is 0 Å². The van der Waals surface area contributed by atoms with Crippen molar-refractivity contribution in [3.63, 3.8) is 0 Å².